The Kier molecular flexibility index (Phi) is 3.96. The summed E-state index contributed by atoms with van der Waals surface area (Å²) >= 11 is 9.17. The molecule has 2 heterocycles. The fourth-order valence-corrected chi connectivity index (χ4v) is 4.04. The van der Waals surface area contributed by atoms with Gasteiger partial charge in [-0.15, -0.1) is 11.3 Å². The van der Waals surface area contributed by atoms with Gasteiger partial charge in [0.2, 0.25) is 0 Å². The van der Waals surface area contributed by atoms with Crippen LogP contribution in [0.1, 0.15) is 5.56 Å². The van der Waals surface area contributed by atoms with Gasteiger partial charge in [-0.3, -0.25) is 0 Å². The van der Waals surface area contributed by atoms with Crippen LogP contribution in [0, 0.1) is 0 Å². The van der Waals surface area contributed by atoms with E-state index in [1.165, 1.54) is 11.8 Å². The molecule has 0 atom stereocenters. The van der Waals surface area contributed by atoms with Crippen LogP contribution in [0.5, 0.6) is 0 Å². The zero-order chi connectivity index (χ0) is 14.8. The lowest BCUT2D eigenvalue weighted by molar-refractivity contribution is 0.318. The summed E-state index contributed by atoms with van der Waals surface area (Å²) in [6.07, 6.45) is 1.56. The largest absolute Gasteiger partial charge is 0.409 e. The maximum Gasteiger partial charge on any atom is 0.171 e. The highest BCUT2D eigenvalue weighted by molar-refractivity contribution is 8.01. The molecule has 3 rings (SSSR count). The number of oxime groups is 1. The average molecular weight is 337 g/mol. The Morgan fingerprint density at radius 1 is 1.33 bits per heavy atom. The highest BCUT2D eigenvalue weighted by Gasteiger charge is 2.14. The minimum absolute atomic E-state index is 0.0476. The van der Waals surface area contributed by atoms with Crippen molar-refractivity contribution in [3.63, 3.8) is 0 Å². The highest BCUT2D eigenvalue weighted by Crippen LogP contribution is 2.37. The monoisotopic (exact) mass is 336 g/mol. The molecule has 8 heteroatoms. The quantitative estimate of drug-likeness (QED) is 0.330. The van der Waals surface area contributed by atoms with Crippen LogP contribution >= 0.6 is 34.7 Å². The molecule has 0 amide bonds. The summed E-state index contributed by atoms with van der Waals surface area (Å²) < 4.78 is 1.94. The lowest BCUT2D eigenvalue weighted by Crippen LogP contribution is -2.14. The van der Waals surface area contributed by atoms with Crippen LogP contribution in [0.3, 0.4) is 0 Å². The molecule has 0 unspecified atom stereocenters. The van der Waals surface area contributed by atoms with E-state index < -0.39 is 0 Å². The molecular weight excluding hydrogens is 328 g/mol. The maximum atomic E-state index is 8.76. The van der Waals surface area contributed by atoms with Crippen molar-refractivity contribution in [1.82, 2.24) is 9.97 Å². The van der Waals surface area contributed by atoms with Gasteiger partial charge in [0.15, 0.2) is 10.2 Å². The van der Waals surface area contributed by atoms with E-state index in [1.807, 2.05) is 24.3 Å². The number of amidine groups is 1. The molecule has 106 valence electrons. The van der Waals surface area contributed by atoms with Crippen molar-refractivity contribution in [2.24, 2.45) is 10.9 Å². The van der Waals surface area contributed by atoms with Gasteiger partial charge in [-0.2, -0.15) is 0 Å². The van der Waals surface area contributed by atoms with E-state index in [4.69, 9.17) is 22.5 Å². The number of halogens is 1. The van der Waals surface area contributed by atoms with E-state index >= 15 is 0 Å². The van der Waals surface area contributed by atoms with Crippen molar-refractivity contribution in [3.05, 3.63) is 47.1 Å². The maximum absolute atomic E-state index is 8.76. The first kappa shape index (κ1) is 14.1. The summed E-state index contributed by atoms with van der Waals surface area (Å²) in [5, 5.41) is 12.6. The summed E-state index contributed by atoms with van der Waals surface area (Å²) in [4.78, 5) is 8.74. The molecule has 0 aliphatic rings. The van der Waals surface area contributed by atoms with Crippen molar-refractivity contribution >= 4 is 50.8 Å². The number of benzene rings is 1. The number of pyridine rings is 1. The third-order valence-corrected chi connectivity index (χ3v) is 5.29. The number of hydrogen-bond donors (Lipinski definition) is 2. The number of nitrogens with zero attached hydrogens (tertiary/aromatic N) is 3. The van der Waals surface area contributed by atoms with E-state index in [-0.39, 0.29) is 5.84 Å². The molecule has 0 radical (unpaired) electrons. The fraction of sp³-hybridized carbons (Fsp3) is 0. The van der Waals surface area contributed by atoms with Crippen LogP contribution in [0.2, 0.25) is 5.02 Å². The summed E-state index contributed by atoms with van der Waals surface area (Å²) in [5.74, 6) is -0.0476. The number of aromatic nitrogens is 2. The van der Waals surface area contributed by atoms with Crippen LogP contribution in [0.15, 0.2) is 51.1 Å². The predicted molar refractivity (Wildman–Crippen MR) is 85.5 cm³/mol. The second-order valence-corrected chi connectivity index (χ2v) is 6.66. The summed E-state index contributed by atoms with van der Waals surface area (Å²) in [7, 11) is 0. The normalized spacial score (nSPS) is 12.0. The summed E-state index contributed by atoms with van der Waals surface area (Å²) in [6, 6.07) is 9.48. The average Bonchev–Trinajstić information content (AvgIpc) is 2.91. The van der Waals surface area contributed by atoms with Crippen LogP contribution in [0.4, 0.5) is 0 Å². The zero-order valence-electron chi connectivity index (χ0n) is 10.5. The van der Waals surface area contributed by atoms with E-state index in [0.717, 1.165) is 14.6 Å². The third-order valence-electron chi connectivity index (χ3n) is 2.70. The van der Waals surface area contributed by atoms with Crippen LogP contribution in [0.25, 0.3) is 10.2 Å². The van der Waals surface area contributed by atoms with Gasteiger partial charge in [-0.25, -0.2) is 9.97 Å². The standard InChI is InChI=1S/C13H9ClN4OS2/c14-10-7(11(15)18-19)5-6-16-12(10)21-13-17-8-3-1-2-4-9(8)20-13/h1-6,19H,(H2,15,18). The summed E-state index contributed by atoms with van der Waals surface area (Å²) in [6.45, 7) is 0. The Bertz CT molecular complexity index is 801. The van der Waals surface area contributed by atoms with Gasteiger partial charge < -0.3 is 10.9 Å². The molecule has 3 N–H and O–H groups in total. The highest BCUT2D eigenvalue weighted by atomic mass is 35.5. The molecule has 5 nitrogen and oxygen atoms in total. The molecule has 3 aromatic rings. The van der Waals surface area contributed by atoms with Gasteiger partial charge in [0.05, 0.1) is 15.2 Å². The van der Waals surface area contributed by atoms with Gasteiger partial charge in [-0.05, 0) is 30.0 Å². The number of thiazole rings is 1. The molecule has 0 aliphatic heterocycles. The molecule has 0 fully saturated rings. The smallest absolute Gasteiger partial charge is 0.171 e. The van der Waals surface area contributed by atoms with Gasteiger partial charge >= 0.3 is 0 Å². The summed E-state index contributed by atoms with van der Waals surface area (Å²) in [5.41, 5.74) is 6.97. The molecule has 2 aromatic heterocycles. The van der Waals surface area contributed by atoms with Crippen molar-refractivity contribution in [3.8, 4) is 0 Å². The second-order valence-electron chi connectivity index (χ2n) is 4.01. The first-order chi connectivity index (χ1) is 10.2. The fourth-order valence-electron chi connectivity index (χ4n) is 1.72. The van der Waals surface area contributed by atoms with Crippen molar-refractivity contribution in [1.29, 1.82) is 0 Å². The van der Waals surface area contributed by atoms with Crippen molar-refractivity contribution in [2.75, 3.05) is 0 Å². The number of rotatable bonds is 3. The molecule has 0 aliphatic carbocycles. The Labute approximate surface area is 133 Å². The van der Waals surface area contributed by atoms with E-state index in [1.54, 1.807) is 23.6 Å². The first-order valence-corrected chi connectivity index (χ1v) is 7.86. The molecule has 0 spiro atoms. The van der Waals surface area contributed by atoms with Crippen LogP contribution in [-0.4, -0.2) is 21.0 Å². The Balaban J connectivity index is 1.98. The predicted octanol–water partition coefficient (Wildman–Crippen LogP) is 3.59. The van der Waals surface area contributed by atoms with Gasteiger partial charge in [0.25, 0.3) is 0 Å². The number of nitrogens with two attached hydrogens (primary N) is 1. The minimum atomic E-state index is -0.0476. The number of hydrogen-bond acceptors (Lipinski definition) is 6. The topological polar surface area (TPSA) is 84.4 Å². The van der Waals surface area contributed by atoms with Gasteiger partial charge in [-0.1, -0.05) is 28.9 Å². The van der Waals surface area contributed by atoms with Gasteiger partial charge in [0.1, 0.15) is 5.03 Å². The Morgan fingerprint density at radius 3 is 2.90 bits per heavy atom. The molecule has 0 saturated carbocycles. The van der Waals surface area contributed by atoms with Crippen LogP contribution < -0.4 is 5.73 Å². The van der Waals surface area contributed by atoms with E-state index in [9.17, 15) is 0 Å². The molecule has 0 saturated heterocycles. The lowest BCUT2D eigenvalue weighted by atomic mass is 10.2. The SMILES string of the molecule is N/C(=N/O)c1ccnc(Sc2nc3ccccc3s2)c1Cl. The molecular formula is C13H9ClN4OS2. The second kappa shape index (κ2) is 5.88. The lowest BCUT2D eigenvalue weighted by Gasteiger charge is -2.05. The molecule has 0 bridgehead atoms. The molecule has 21 heavy (non-hydrogen) atoms. The Hall–Kier alpha value is -1.83. The van der Waals surface area contributed by atoms with E-state index in [2.05, 4.69) is 15.1 Å². The number of para-hydroxylation sites is 1. The van der Waals surface area contributed by atoms with Gasteiger partial charge in [0, 0.05) is 11.8 Å². The van der Waals surface area contributed by atoms with Crippen molar-refractivity contribution < 1.29 is 5.21 Å². The third kappa shape index (κ3) is 2.80. The number of fused-ring (bicyclic) bond motifs is 1. The van der Waals surface area contributed by atoms with Crippen molar-refractivity contribution in [2.45, 2.75) is 9.37 Å². The van der Waals surface area contributed by atoms with E-state index in [0.29, 0.717) is 15.6 Å². The zero-order valence-corrected chi connectivity index (χ0v) is 12.9. The van der Waals surface area contributed by atoms with Crippen LogP contribution in [-0.2, 0) is 0 Å². The Morgan fingerprint density at radius 2 is 2.14 bits per heavy atom. The molecule has 1 aromatic carbocycles. The minimum Gasteiger partial charge on any atom is -0.409 e. The first-order valence-electron chi connectivity index (χ1n) is 5.85.